The summed E-state index contributed by atoms with van der Waals surface area (Å²) >= 11 is 6.11. The number of quaternary nitrogens is 1. The first-order valence-corrected chi connectivity index (χ1v) is 18.4. The largest absolute Gasteiger partial charge is 0.525 e. The van der Waals surface area contributed by atoms with E-state index < -0.39 is 49.7 Å². The number of amides is 3. The van der Waals surface area contributed by atoms with E-state index in [1.807, 2.05) is 51.7 Å². The quantitative estimate of drug-likeness (QED) is 0.289. The third-order valence-corrected chi connectivity index (χ3v) is 10.8. The number of nitrogens with zero attached hydrogens (tertiary/aromatic N) is 3. The van der Waals surface area contributed by atoms with Crippen molar-refractivity contribution in [2.75, 3.05) is 44.2 Å². The summed E-state index contributed by atoms with van der Waals surface area (Å²) in [6.07, 6.45) is -4.06. The van der Waals surface area contributed by atoms with E-state index in [1.54, 1.807) is 37.8 Å². The Morgan fingerprint density at radius 3 is 2.14 bits per heavy atom. The molecule has 3 amide bonds. The number of nitrogens with one attached hydrogen (secondary N) is 1. The van der Waals surface area contributed by atoms with Gasteiger partial charge >= 0.3 is 18.3 Å². The summed E-state index contributed by atoms with van der Waals surface area (Å²) in [6, 6.07) is 10.2. The maximum atomic E-state index is 14.4. The standard InChI is InChI=1S/C36H51ClF3N4O4S/c1-24(2)21-30(41-49(47)35(6,7)8)29-22-27(36(38,39)40)11-14-31(29)42-16-18-43(19-17-42)32(45)44(33(46)48-34(3,4)5)20-15-26(23-44)25-9-12-28(37)13-10-25/h9-14,22,24,26,30,41H,15-21,23H2,1-8H3/q+1/t26?,30-,44?,49?/m0/s1. The number of carbonyl (C=O) groups is 2. The molecular formula is C36H51ClF3N4O4S+. The highest BCUT2D eigenvalue weighted by molar-refractivity contribution is 7.84. The van der Waals surface area contributed by atoms with E-state index in [2.05, 4.69) is 4.72 Å². The van der Waals surface area contributed by atoms with E-state index >= 15 is 0 Å². The molecule has 2 fully saturated rings. The summed E-state index contributed by atoms with van der Waals surface area (Å²) in [5.74, 6) is 0.0602. The van der Waals surface area contributed by atoms with Gasteiger partial charge in [-0.25, -0.2) is 13.7 Å². The normalized spacial score (nSPS) is 21.9. The summed E-state index contributed by atoms with van der Waals surface area (Å²) < 4.78 is 63.0. The van der Waals surface area contributed by atoms with Gasteiger partial charge in [0.2, 0.25) is 0 Å². The lowest BCUT2D eigenvalue weighted by molar-refractivity contribution is -0.769. The maximum absolute atomic E-state index is 14.4. The van der Waals surface area contributed by atoms with E-state index in [9.17, 15) is 27.0 Å². The maximum Gasteiger partial charge on any atom is 0.525 e. The van der Waals surface area contributed by atoms with Crippen molar-refractivity contribution in [3.63, 3.8) is 0 Å². The van der Waals surface area contributed by atoms with Gasteiger partial charge in [-0.1, -0.05) is 37.6 Å². The second kappa shape index (κ2) is 14.9. The van der Waals surface area contributed by atoms with Crippen molar-refractivity contribution in [1.29, 1.82) is 0 Å². The number of alkyl halides is 3. The zero-order valence-electron chi connectivity index (χ0n) is 29.8. The first kappa shape index (κ1) is 39.1. The lowest BCUT2D eigenvalue weighted by Gasteiger charge is -2.40. The van der Waals surface area contributed by atoms with Crippen molar-refractivity contribution in [3.05, 3.63) is 64.2 Å². The minimum absolute atomic E-state index is 0.0474. The van der Waals surface area contributed by atoms with Gasteiger partial charge in [0.05, 0.1) is 27.8 Å². The minimum Gasteiger partial charge on any atom is -0.414 e. The van der Waals surface area contributed by atoms with Gasteiger partial charge in [-0.3, -0.25) is 4.90 Å². The molecule has 13 heteroatoms. The summed E-state index contributed by atoms with van der Waals surface area (Å²) in [4.78, 5) is 31.8. The van der Waals surface area contributed by atoms with Crippen LogP contribution in [-0.2, 0) is 21.9 Å². The van der Waals surface area contributed by atoms with Crippen LogP contribution in [0, 0.1) is 5.92 Å². The molecule has 0 radical (unpaired) electrons. The molecule has 4 atom stereocenters. The fourth-order valence-corrected chi connectivity index (χ4v) is 7.39. The Morgan fingerprint density at radius 1 is 1.00 bits per heavy atom. The predicted octanol–water partition coefficient (Wildman–Crippen LogP) is 8.68. The molecule has 2 saturated heterocycles. The van der Waals surface area contributed by atoms with Crippen molar-refractivity contribution in [2.45, 2.75) is 96.7 Å². The Hall–Kier alpha value is -2.67. The SMILES string of the molecule is CC(C)C[C@H](NS(=O)C(C)(C)C)c1cc(C(F)(F)F)ccc1N1CCN(C(=O)[N+]2(C(=O)OC(C)(C)C)CCC(c3ccc(Cl)cc3)C2)CC1. The van der Waals surface area contributed by atoms with Crippen LogP contribution in [0.15, 0.2) is 42.5 Å². The van der Waals surface area contributed by atoms with Gasteiger partial charge in [-0.2, -0.15) is 18.0 Å². The summed E-state index contributed by atoms with van der Waals surface area (Å²) in [7, 11) is -1.53. The van der Waals surface area contributed by atoms with E-state index in [0.29, 0.717) is 42.2 Å². The molecule has 0 saturated carbocycles. The topological polar surface area (TPSA) is 79.0 Å². The van der Waals surface area contributed by atoms with Crippen LogP contribution < -0.4 is 9.62 Å². The highest BCUT2D eigenvalue weighted by Gasteiger charge is 2.56. The molecule has 2 aromatic rings. The molecule has 0 spiro atoms. The average molecular weight is 728 g/mol. The number of carbonyl (C=O) groups excluding carboxylic acids is 2. The van der Waals surface area contributed by atoms with Crippen LogP contribution in [0.1, 0.15) is 96.9 Å². The first-order chi connectivity index (χ1) is 22.6. The van der Waals surface area contributed by atoms with Gasteiger partial charge in [-0.15, -0.1) is 4.48 Å². The van der Waals surface area contributed by atoms with Crippen molar-refractivity contribution < 1.29 is 36.2 Å². The van der Waals surface area contributed by atoms with Crippen LogP contribution in [0.3, 0.4) is 0 Å². The molecule has 2 aromatic carbocycles. The Morgan fingerprint density at radius 2 is 1.61 bits per heavy atom. The van der Waals surface area contributed by atoms with Crippen LogP contribution >= 0.6 is 11.6 Å². The molecular weight excluding hydrogens is 677 g/mol. The molecule has 2 aliphatic rings. The molecule has 0 aliphatic carbocycles. The van der Waals surface area contributed by atoms with Gasteiger partial charge in [0, 0.05) is 55.3 Å². The molecule has 4 rings (SSSR count). The van der Waals surface area contributed by atoms with Crippen LogP contribution in [0.2, 0.25) is 5.02 Å². The number of benzene rings is 2. The Labute approximate surface area is 296 Å². The molecule has 2 aliphatic heterocycles. The molecule has 0 bridgehead atoms. The molecule has 8 nitrogen and oxygen atoms in total. The van der Waals surface area contributed by atoms with E-state index in [0.717, 1.165) is 17.7 Å². The number of piperazine rings is 1. The van der Waals surface area contributed by atoms with E-state index in [4.69, 9.17) is 16.3 Å². The Balaban J connectivity index is 1.62. The predicted molar refractivity (Wildman–Crippen MR) is 189 cm³/mol. The van der Waals surface area contributed by atoms with Crippen molar-refractivity contribution in [3.8, 4) is 0 Å². The lowest BCUT2D eigenvalue weighted by Crippen LogP contribution is -2.64. The molecule has 3 unspecified atom stereocenters. The van der Waals surface area contributed by atoms with Crippen molar-refractivity contribution in [2.24, 2.45) is 5.92 Å². The van der Waals surface area contributed by atoms with Gasteiger partial charge in [0.15, 0.2) is 0 Å². The second-order valence-corrected chi connectivity index (χ2v) is 18.0. The number of urea groups is 1. The lowest BCUT2D eigenvalue weighted by atomic mass is 9.94. The fraction of sp³-hybridized carbons (Fsp3) is 0.611. The zero-order chi connectivity index (χ0) is 36.5. The molecule has 0 aromatic heterocycles. The van der Waals surface area contributed by atoms with Gasteiger partial charge < -0.3 is 9.64 Å². The molecule has 272 valence electrons. The highest BCUT2D eigenvalue weighted by Crippen LogP contribution is 2.39. The number of likely N-dealkylation sites (tertiary alicyclic amines) is 1. The number of hydrogen-bond acceptors (Lipinski definition) is 5. The van der Waals surface area contributed by atoms with Crippen LogP contribution in [0.25, 0.3) is 0 Å². The second-order valence-electron chi connectivity index (χ2n) is 15.6. The molecule has 1 N–H and O–H groups in total. The number of imide groups is 1. The summed E-state index contributed by atoms with van der Waals surface area (Å²) in [5, 5.41) is 0.605. The number of anilines is 1. The third-order valence-electron chi connectivity index (χ3n) is 8.98. The number of rotatable bonds is 7. The molecule has 2 heterocycles. The van der Waals surface area contributed by atoms with Crippen molar-refractivity contribution >= 4 is 40.4 Å². The smallest absolute Gasteiger partial charge is 0.414 e. The van der Waals surface area contributed by atoms with Crippen LogP contribution in [-0.4, -0.2) is 75.3 Å². The fourth-order valence-electron chi connectivity index (χ4n) is 6.43. The highest BCUT2D eigenvalue weighted by atomic mass is 35.5. The summed E-state index contributed by atoms with van der Waals surface area (Å²) in [5.41, 5.74) is 0.450. The van der Waals surface area contributed by atoms with Gasteiger partial charge in [0.25, 0.3) is 0 Å². The number of halogens is 4. The Kier molecular flexibility index (Phi) is 11.9. The first-order valence-electron chi connectivity index (χ1n) is 16.9. The van der Waals surface area contributed by atoms with Gasteiger partial charge in [-0.05, 0) is 95.3 Å². The van der Waals surface area contributed by atoms with E-state index in [-0.39, 0.29) is 44.0 Å². The molecule has 49 heavy (non-hydrogen) atoms. The minimum atomic E-state index is -4.55. The van der Waals surface area contributed by atoms with Crippen molar-refractivity contribution in [1.82, 2.24) is 9.62 Å². The zero-order valence-corrected chi connectivity index (χ0v) is 31.4. The van der Waals surface area contributed by atoms with Crippen LogP contribution in [0.5, 0.6) is 0 Å². The summed E-state index contributed by atoms with van der Waals surface area (Å²) in [6.45, 7) is 16.5. The Bertz CT molecular complexity index is 1520. The van der Waals surface area contributed by atoms with Crippen LogP contribution in [0.4, 0.5) is 28.4 Å². The van der Waals surface area contributed by atoms with Gasteiger partial charge in [0.1, 0.15) is 12.1 Å². The van der Waals surface area contributed by atoms with E-state index in [1.165, 1.54) is 6.07 Å². The third kappa shape index (κ3) is 9.56. The average Bonchev–Trinajstić information content (AvgIpc) is 3.45. The number of ether oxygens (including phenoxy) is 1. The number of hydrogen-bond donors (Lipinski definition) is 1. The monoisotopic (exact) mass is 727 g/mol.